The van der Waals surface area contributed by atoms with E-state index in [1.54, 1.807) is 30.3 Å². The van der Waals surface area contributed by atoms with E-state index < -0.39 is 31.9 Å². The van der Waals surface area contributed by atoms with Crippen LogP contribution in [0.2, 0.25) is 0 Å². The smallest absolute Gasteiger partial charge is 0.413 e. The summed E-state index contributed by atoms with van der Waals surface area (Å²) in [5.74, 6) is 0.126. The Bertz CT molecular complexity index is 862. The first-order valence-corrected chi connectivity index (χ1v) is 9.27. The topological polar surface area (TPSA) is 165 Å². The molecule has 1 fully saturated rings. The molecule has 0 aliphatic carbocycles. The van der Waals surface area contributed by atoms with Crippen molar-refractivity contribution in [3.05, 3.63) is 47.1 Å². The molecule has 1 aromatic carbocycles. The van der Waals surface area contributed by atoms with Gasteiger partial charge in [0.2, 0.25) is 5.95 Å². The number of nitrogen functional groups attached to an aromatic ring is 1. The molecule has 0 saturated carbocycles. The Labute approximate surface area is 148 Å². The van der Waals surface area contributed by atoms with Crippen molar-refractivity contribution in [2.75, 3.05) is 12.3 Å². The molecule has 26 heavy (non-hydrogen) atoms. The van der Waals surface area contributed by atoms with Gasteiger partial charge >= 0.3 is 13.4 Å². The van der Waals surface area contributed by atoms with Crippen LogP contribution in [0.3, 0.4) is 0 Å². The normalized spacial score (nSPS) is 24.9. The monoisotopic (exact) mass is 383 g/mol. The number of hydrogen-bond donors (Lipinski definition) is 3. The Morgan fingerprint density at radius 3 is 2.81 bits per heavy atom. The third kappa shape index (κ3) is 4.45. The van der Waals surface area contributed by atoms with Crippen LogP contribution in [0.5, 0.6) is 5.75 Å². The Kier molecular flexibility index (Phi) is 5.35. The van der Waals surface area contributed by atoms with Crippen LogP contribution >= 0.6 is 7.75 Å². The minimum Gasteiger partial charge on any atom is -0.413 e. The van der Waals surface area contributed by atoms with E-state index in [1.807, 2.05) is 0 Å². The minimum absolute atomic E-state index is 0.0929. The third-order valence-corrected chi connectivity index (χ3v) is 4.63. The van der Waals surface area contributed by atoms with Crippen LogP contribution in [-0.2, 0) is 13.8 Å². The van der Waals surface area contributed by atoms with Gasteiger partial charge in [0.1, 0.15) is 24.4 Å². The van der Waals surface area contributed by atoms with E-state index in [-0.39, 0.29) is 24.7 Å². The number of rotatable bonds is 6. The summed E-state index contributed by atoms with van der Waals surface area (Å²) in [6, 6.07) is 8.30. The Balaban J connectivity index is 1.60. The van der Waals surface area contributed by atoms with Gasteiger partial charge in [0.15, 0.2) is 0 Å². The third-order valence-electron chi connectivity index (χ3n) is 3.65. The van der Waals surface area contributed by atoms with Gasteiger partial charge in [-0.3, -0.25) is 9.09 Å². The van der Waals surface area contributed by atoms with E-state index in [9.17, 15) is 14.5 Å². The van der Waals surface area contributed by atoms with E-state index >= 15 is 0 Å². The SMILES string of the molecule is Nc1ncn([C@H]2C[C@H](O)[C@@H](COP(N)(=O)Oc3ccccc3)O2)c(=O)n1. The summed E-state index contributed by atoms with van der Waals surface area (Å²) in [6.07, 6.45) is -1.37. The van der Waals surface area contributed by atoms with Crippen LogP contribution in [0.15, 0.2) is 41.5 Å². The van der Waals surface area contributed by atoms with E-state index in [0.717, 1.165) is 4.57 Å². The molecule has 12 heteroatoms. The maximum absolute atomic E-state index is 12.2. The van der Waals surface area contributed by atoms with Crippen molar-refractivity contribution in [2.45, 2.75) is 24.9 Å². The summed E-state index contributed by atoms with van der Waals surface area (Å²) in [5.41, 5.74) is 10.2. The fourth-order valence-corrected chi connectivity index (χ4v) is 3.24. The van der Waals surface area contributed by atoms with Crippen LogP contribution in [-0.4, -0.2) is 38.5 Å². The van der Waals surface area contributed by atoms with Gasteiger partial charge in [0.05, 0.1) is 12.7 Å². The molecule has 1 unspecified atom stereocenters. The minimum atomic E-state index is -3.90. The number of anilines is 1. The molecule has 1 aliphatic heterocycles. The van der Waals surface area contributed by atoms with Crippen molar-refractivity contribution in [2.24, 2.45) is 5.50 Å². The van der Waals surface area contributed by atoms with Gasteiger partial charge in [-0.25, -0.2) is 19.8 Å². The predicted molar refractivity (Wildman–Crippen MR) is 90.1 cm³/mol. The number of aliphatic hydroxyl groups excluding tert-OH is 1. The molecule has 0 amide bonds. The summed E-state index contributed by atoms with van der Waals surface area (Å²) in [4.78, 5) is 19.0. The van der Waals surface area contributed by atoms with Crippen LogP contribution in [0.1, 0.15) is 12.6 Å². The lowest BCUT2D eigenvalue weighted by Gasteiger charge is -2.19. The number of aliphatic hydroxyl groups is 1. The first kappa shape index (κ1) is 18.5. The molecule has 0 spiro atoms. The lowest BCUT2D eigenvalue weighted by Crippen LogP contribution is -2.29. The highest BCUT2D eigenvalue weighted by atomic mass is 31.2. The van der Waals surface area contributed by atoms with E-state index in [0.29, 0.717) is 0 Å². The number of benzene rings is 1. The zero-order valence-corrected chi connectivity index (χ0v) is 14.4. The van der Waals surface area contributed by atoms with Crippen LogP contribution in [0.25, 0.3) is 0 Å². The van der Waals surface area contributed by atoms with Gasteiger partial charge in [0.25, 0.3) is 0 Å². The molecule has 140 valence electrons. The second-order valence-electron chi connectivity index (χ2n) is 5.58. The largest absolute Gasteiger partial charge is 0.456 e. The summed E-state index contributed by atoms with van der Waals surface area (Å²) in [5, 5.41) is 10.1. The molecule has 11 nitrogen and oxygen atoms in total. The highest BCUT2D eigenvalue weighted by molar-refractivity contribution is 7.51. The first-order chi connectivity index (χ1) is 12.3. The average Bonchev–Trinajstić information content (AvgIpc) is 2.94. The van der Waals surface area contributed by atoms with E-state index in [4.69, 9.17) is 25.0 Å². The Morgan fingerprint density at radius 2 is 2.12 bits per heavy atom. The molecule has 1 aromatic heterocycles. The lowest BCUT2D eigenvalue weighted by atomic mass is 10.2. The zero-order chi connectivity index (χ0) is 18.7. The standard InChI is InChI=1S/C14H18N5O6P/c15-13-17-8-19(14(21)18-13)12-6-10(20)11(24-12)7-23-26(16,22)25-9-4-2-1-3-5-9/h1-5,8,10-12,20H,6-7H2,(H2,16,22)(H2,15,18,21)/t10-,11+,12+,26?/m0/s1. The Hall–Kier alpha value is -2.30. The highest BCUT2D eigenvalue weighted by Crippen LogP contribution is 2.41. The first-order valence-electron chi connectivity index (χ1n) is 7.66. The van der Waals surface area contributed by atoms with Crippen molar-refractivity contribution < 1.29 is 23.5 Å². The number of aromatic nitrogens is 3. The molecule has 2 aromatic rings. The summed E-state index contributed by atoms with van der Waals surface area (Å²) >= 11 is 0. The van der Waals surface area contributed by atoms with Gasteiger partial charge in [0, 0.05) is 6.42 Å². The van der Waals surface area contributed by atoms with Crippen LogP contribution in [0, 0.1) is 0 Å². The van der Waals surface area contributed by atoms with E-state index in [2.05, 4.69) is 9.97 Å². The average molecular weight is 383 g/mol. The predicted octanol–water partition coefficient (Wildman–Crippen LogP) is 0.0313. The molecular weight excluding hydrogens is 365 g/mol. The van der Waals surface area contributed by atoms with Gasteiger partial charge in [-0.1, -0.05) is 18.2 Å². The summed E-state index contributed by atoms with van der Waals surface area (Å²) in [7, 11) is -3.90. The molecule has 1 aliphatic rings. The van der Waals surface area contributed by atoms with Crippen molar-refractivity contribution in [1.82, 2.24) is 14.5 Å². The second kappa shape index (κ2) is 7.52. The van der Waals surface area contributed by atoms with Crippen molar-refractivity contribution in [3.8, 4) is 5.75 Å². The Morgan fingerprint density at radius 1 is 1.38 bits per heavy atom. The molecule has 0 bridgehead atoms. The molecule has 5 N–H and O–H groups in total. The van der Waals surface area contributed by atoms with Crippen molar-refractivity contribution >= 4 is 13.7 Å². The highest BCUT2D eigenvalue weighted by Gasteiger charge is 2.37. The zero-order valence-electron chi connectivity index (χ0n) is 13.5. The van der Waals surface area contributed by atoms with Gasteiger partial charge in [-0.2, -0.15) is 4.98 Å². The quantitative estimate of drug-likeness (QED) is 0.579. The maximum atomic E-state index is 12.2. The number of hydrogen-bond acceptors (Lipinski definition) is 9. The van der Waals surface area contributed by atoms with Gasteiger partial charge in [-0.15, -0.1) is 0 Å². The van der Waals surface area contributed by atoms with Crippen molar-refractivity contribution in [3.63, 3.8) is 0 Å². The number of nitrogens with zero attached hydrogens (tertiary/aromatic N) is 3. The van der Waals surface area contributed by atoms with Crippen LogP contribution < -0.4 is 21.5 Å². The molecular formula is C14H18N5O6P. The lowest BCUT2D eigenvalue weighted by molar-refractivity contribution is -0.0424. The van der Waals surface area contributed by atoms with Gasteiger partial charge < -0.3 is 20.1 Å². The summed E-state index contributed by atoms with van der Waals surface area (Å²) < 4.78 is 29.1. The van der Waals surface area contributed by atoms with Gasteiger partial charge in [-0.05, 0) is 12.1 Å². The fraction of sp³-hybridized carbons (Fsp3) is 0.357. The maximum Gasteiger partial charge on any atom is 0.456 e. The fourth-order valence-electron chi connectivity index (χ4n) is 2.42. The number of ether oxygens (including phenoxy) is 1. The number of nitrogens with two attached hydrogens (primary N) is 2. The van der Waals surface area contributed by atoms with Crippen molar-refractivity contribution in [1.29, 1.82) is 0 Å². The number of para-hydroxylation sites is 1. The summed E-state index contributed by atoms with van der Waals surface area (Å²) in [6.45, 7) is -0.289. The van der Waals surface area contributed by atoms with E-state index in [1.165, 1.54) is 6.33 Å². The molecule has 4 atom stereocenters. The van der Waals surface area contributed by atoms with Crippen LogP contribution in [0.4, 0.5) is 5.95 Å². The molecule has 2 heterocycles. The molecule has 3 rings (SSSR count). The molecule has 0 radical (unpaired) electrons. The second-order valence-corrected chi connectivity index (χ2v) is 7.10. The molecule has 1 saturated heterocycles.